The summed E-state index contributed by atoms with van der Waals surface area (Å²) in [6.07, 6.45) is -2.57. The molecule has 0 amide bonds. The zero-order valence-corrected chi connectivity index (χ0v) is 31.2. The van der Waals surface area contributed by atoms with Gasteiger partial charge in [-0.25, -0.2) is 4.79 Å². The molecule has 2 aliphatic rings. The molecule has 0 radical (unpaired) electrons. The summed E-state index contributed by atoms with van der Waals surface area (Å²) in [7, 11) is 5.31. The second-order valence-corrected chi connectivity index (χ2v) is 14.6. The number of aliphatic hydroxyl groups excluding tert-OH is 1. The molecule has 12 atom stereocenters. The van der Waals surface area contributed by atoms with Gasteiger partial charge >= 0.3 is 11.9 Å². The molecule has 1 fully saturated rings. The topological polar surface area (TPSA) is 141 Å². The van der Waals surface area contributed by atoms with Crippen molar-refractivity contribution in [3.8, 4) is 0 Å². The number of ketones is 1. The zero-order chi connectivity index (χ0) is 36.8. The minimum absolute atomic E-state index is 0.174. The minimum atomic E-state index is -1.62. The van der Waals surface area contributed by atoms with Gasteiger partial charge in [0.1, 0.15) is 11.7 Å². The van der Waals surface area contributed by atoms with E-state index in [-0.39, 0.29) is 30.8 Å². The van der Waals surface area contributed by atoms with Crippen molar-refractivity contribution < 1.29 is 48.3 Å². The summed E-state index contributed by atoms with van der Waals surface area (Å²) in [5.74, 6) is -3.79. The van der Waals surface area contributed by atoms with Crippen LogP contribution in [0.15, 0.2) is 42.0 Å². The van der Waals surface area contributed by atoms with Crippen LogP contribution in [-0.4, -0.2) is 108 Å². The fourth-order valence-electron chi connectivity index (χ4n) is 7.26. The molecular formula is C38H59NO10. The average Bonchev–Trinajstić information content (AvgIpc) is 3.07. The summed E-state index contributed by atoms with van der Waals surface area (Å²) >= 11 is 0. The summed E-state index contributed by atoms with van der Waals surface area (Å²) in [5, 5.41) is 23.2. The highest BCUT2D eigenvalue weighted by molar-refractivity contribution is 5.97. The molecule has 1 unspecified atom stereocenters. The predicted octanol–water partition coefficient (Wildman–Crippen LogP) is 4.72. The lowest BCUT2D eigenvalue weighted by Crippen LogP contribution is -2.60. The van der Waals surface area contributed by atoms with Crippen molar-refractivity contribution in [1.29, 1.82) is 0 Å². The van der Waals surface area contributed by atoms with Gasteiger partial charge in [0.2, 0.25) is 0 Å². The Balaban J connectivity index is 2.14. The average molecular weight is 690 g/mol. The molecule has 0 bridgehead atoms. The van der Waals surface area contributed by atoms with E-state index >= 15 is 0 Å². The van der Waals surface area contributed by atoms with Gasteiger partial charge in [0.05, 0.1) is 41.4 Å². The maximum absolute atomic E-state index is 13.9. The van der Waals surface area contributed by atoms with Gasteiger partial charge in [-0.2, -0.15) is 0 Å². The molecule has 0 aromatic heterocycles. The van der Waals surface area contributed by atoms with E-state index in [1.165, 1.54) is 20.1 Å². The van der Waals surface area contributed by atoms with Crippen molar-refractivity contribution in [2.45, 2.75) is 135 Å². The Morgan fingerprint density at radius 1 is 1.06 bits per heavy atom. The van der Waals surface area contributed by atoms with Crippen LogP contribution in [0, 0.1) is 17.8 Å². The Hall–Kier alpha value is -2.67. The van der Waals surface area contributed by atoms with Gasteiger partial charge in [-0.15, -0.1) is 0 Å². The van der Waals surface area contributed by atoms with E-state index in [2.05, 4.69) is 0 Å². The Labute approximate surface area is 292 Å². The van der Waals surface area contributed by atoms with E-state index in [1.54, 1.807) is 58.9 Å². The molecule has 276 valence electrons. The molecule has 0 spiro atoms. The lowest BCUT2D eigenvalue weighted by Gasteiger charge is -2.48. The van der Waals surface area contributed by atoms with E-state index < -0.39 is 71.6 Å². The van der Waals surface area contributed by atoms with Crippen LogP contribution in [0.25, 0.3) is 0 Å². The summed E-state index contributed by atoms with van der Waals surface area (Å²) in [5.41, 5.74) is -2.04. The van der Waals surface area contributed by atoms with Crippen molar-refractivity contribution in [3.63, 3.8) is 0 Å². The number of cyclic esters (lactones) is 1. The third-order valence-corrected chi connectivity index (χ3v) is 10.4. The number of methoxy groups -OCH3 is 1. The highest BCUT2D eigenvalue weighted by Crippen LogP contribution is 2.39. The van der Waals surface area contributed by atoms with E-state index in [9.17, 15) is 24.6 Å². The number of hydrogen-bond acceptors (Lipinski definition) is 11. The number of benzene rings is 1. The number of Topliss-reactive ketones (excluding diaryl/α,β-unsaturated/α-hetero) is 1. The van der Waals surface area contributed by atoms with Gasteiger partial charge < -0.3 is 38.8 Å². The Kier molecular flexibility index (Phi) is 14.2. The Morgan fingerprint density at radius 3 is 2.24 bits per heavy atom. The first kappa shape index (κ1) is 40.8. The predicted molar refractivity (Wildman–Crippen MR) is 185 cm³/mol. The molecule has 1 aromatic carbocycles. The van der Waals surface area contributed by atoms with E-state index in [1.807, 2.05) is 38.9 Å². The Bertz CT molecular complexity index is 1300. The van der Waals surface area contributed by atoms with Crippen LogP contribution in [0.1, 0.15) is 91.4 Å². The summed E-state index contributed by atoms with van der Waals surface area (Å²) in [6, 6.07) is 8.40. The van der Waals surface area contributed by atoms with Crippen molar-refractivity contribution in [2.75, 3.05) is 21.2 Å². The first-order valence-corrected chi connectivity index (χ1v) is 17.6. The summed E-state index contributed by atoms with van der Waals surface area (Å²) in [6.45, 7) is 14.0. The number of nitrogens with zero attached hydrogens (tertiary/aromatic N) is 1. The first-order chi connectivity index (χ1) is 22.9. The zero-order valence-electron chi connectivity index (χ0n) is 31.2. The minimum Gasteiger partial charge on any atom is -0.459 e. The van der Waals surface area contributed by atoms with Crippen LogP contribution < -0.4 is 0 Å². The van der Waals surface area contributed by atoms with Crippen molar-refractivity contribution in [1.82, 2.24) is 4.90 Å². The fraction of sp³-hybridized carbons (Fsp3) is 0.711. The molecule has 49 heavy (non-hydrogen) atoms. The van der Waals surface area contributed by atoms with Crippen LogP contribution >= 0.6 is 0 Å². The highest BCUT2D eigenvalue weighted by atomic mass is 16.7. The molecule has 1 saturated heterocycles. The van der Waals surface area contributed by atoms with Crippen molar-refractivity contribution in [2.24, 2.45) is 17.8 Å². The molecule has 3 rings (SSSR count). The second-order valence-electron chi connectivity index (χ2n) is 14.6. The van der Waals surface area contributed by atoms with Crippen LogP contribution in [0.5, 0.6) is 0 Å². The van der Waals surface area contributed by atoms with Gasteiger partial charge in [0.15, 0.2) is 18.2 Å². The summed E-state index contributed by atoms with van der Waals surface area (Å²) < 4.78 is 31.3. The number of allylic oxidation sites excluding steroid dienone is 1. The number of hydrogen-bond donors (Lipinski definition) is 2. The van der Waals surface area contributed by atoms with Gasteiger partial charge in [0.25, 0.3) is 0 Å². The van der Waals surface area contributed by atoms with Crippen molar-refractivity contribution in [3.05, 3.63) is 47.5 Å². The second kappa shape index (κ2) is 17.0. The number of likely N-dealkylation sites (N-methyl/N-ethyl adjacent to an activating group) is 1. The van der Waals surface area contributed by atoms with Crippen molar-refractivity contribution >= 4 is 17.7 Å². The standard InChI is InChI=1S/C38H59NO10/c1-12-26-21-37(7,44)29(13-2)47-34(42)25(6)31(41)24(5)33(38(8,45-11)20-22(3)30(26)40)49-36-32(28(39(9)10)19-23(4)46-36)48-35(43)27-17-15-14-16-18-27/h14-18,21-25,28-29,31-33,36,41,44H,12-13,19-20H2,1-11H3/b26-21+/t22-,23-,24+,25-,28+,29-,31+,32-,33-,36?,37+,38+/m1/s1. The van der Waals surface area contributed by atoms with Crippen LogP contribution in [0.3, 0.4) is 0 Å². The van der Waals surface area contributed by atoms with Crippen LogP contribution in [0.4, 0.5) is 0 Å². The van der Waals surface area contributed by atoms with Gasteiger partial charge in [-0.3, -0.25) is 9.59 Å². The van der Waals surface area contributed by atoms with Crippen LogP contribution in [-0.2, 0) is 33.3 Å². The molecule has 11 heteroatoms. The lowest BCUT2D eigenvalue weighted by molar-refractivity contribution is -0.300. The maximum Gasteiger partial charge on any atom is 0.338 e. The number of carbonyl (C=O) groups excluding carboxylic acids is 3. The number of aliphatic hydroxyl groups is 2. The van der Waals surface area contributed by atoms with Gasteiger partial charge in [0, 0.05) is 18.9 Å². The van der Waals surface area contributed by atoms with E-state index in [0.717, 1.165) is 0 Å². The molecule has 0 aliphatic carbocycles. The van der Waals surface area contributed by atoms with E-state index in [4.69, 9.17) is 23.7 Å². The number of carbonyl (C=O) groups is 3. The maximum atomic E-state index is 13.9. The molecule has 11 nitrogen and oxygen atoms in total. The van der Waals surface area contributed by atoms with Crippen LogP contribution in [0.2, 0.25) is 0 Å². The molecule has 1 aromatic rings. The molecule has 2 aliphatic heterocycles. The third kappa shape index (κ3) is 9.56. The van der Waals surface area contributed by atoms with E-state index in [0.29, 0.717) is 24.0 Å². The fourth-order valence-corrected chi connectivity index (χ4v) is 7.26. The quantitative estimate of drug-likeness (QED) is 0.367. The first-order valence-electron chi connectivity index (χ1n) is 17.6. The molecule has 2 N–H and O–H groups in total. The third-order valence-electron chi connectivity index (χ3n) is 10.4. The number of rotatable bonds is 8. The highest BCUT2D eigenvalue weighted by Gasteiger charge is 2.51. The number of esters is 2. The SMILES string of the molecule is CC/C1=C\[C@](C)(O)[C@@H](CC)OC(=O)[C@H](C)[C@@H](O)[C@H](C)[C@@H](OC2O[C@H](C)C[C@H](N(C)C)[C@H]2OC(=O)c2ccccc2)[C@@](C)(OC)C[C@@H](C)C1=O. The monoisotopic (exact) mass is 689 g/mol. The molecule has 2 heterocycles. The normalized spacial score (nSPS) is 39.4. The molecule has 0 saturated carbocycles. The largest absolute Gasteiger partial charge is 0.459 e. The lowest BCUT2D eigenvalue weighted by atomic mass is 9.76. The smallest absolute Gasteiger partial charge is 0.338 e. The number of ether oxygens (including phenoxy) is 5. The van der Waals surface area contributed by atoms with Gasteiger partial charge in [-0.05, 0) is 91.3 Å². The summed E-state index contributed by atoms with van der Waals surface area (Å²) in [4.78, 5) is 42.8. The van der Waals surface area contributed by atoms with Gasteiger partial charge in [-0.1, -0.05) is 45.9 Å². The molecular weight excluding hydrogens is 630 g/mol. The Morgan fingerprint density at radius 2 is 1.69 bits per heavy atom.